The van der Waals surface area contributed by atoms with Crippen molar-refractivity contribution in [3.63, 3.8) is 0 Å². The fourth-order valence-corrected chi connectivity index (χ4v) is 6.26. The van der Waals surface area contributed by atoms with E-state index in [4.69, 9.17) is 31.2 Å². The number of hydrogen-bond donors (Lipinski definition) is 1. The molecule has 0 saturated heterocycles. The van der Waals surface area contributed by atoms with Gasteiger partial charge in [-0.1, -0.05) is 56.3 Å². The molecule has 0 amide bonds. The summed E-state index contributed by atoms with van der Waals surface area (Å²) in [6.07, 6.45) is 2.36. The molecule has 2 heterocycles. The molecule has 0 radical (unpaired) electrons. The largest absolute Gasteiger partial charge is 0.491 e. The van der Waals surface area contributed by atoms with Gasteiger partial charge >= 0.3 is 0 Å². The molecule has 8 nitrogen and oxygen atoms in total. The van der Waals surface area contributed by atoms with Crippen molar-refractivity contribution in [1.82, 2.24) is 9.97 Å². The monoisotopic (exact) mass is 629 g/mol. The van der Waals surface area contributed by atoms with Crippen LogP contribution in [0.1, 0.15) is 64.8 Å². The number of benzene rings is 2. The number of nitriles is 2. The summed E-state index contributed by atoms with van der Waals surface area (Å²) in [5, 5.41) is 21.1. The summed E-state index contributed by atoms with van der Waals surface area (Å²) in [7, 11) is 0. The zero-order valence-electron chi connectivity index (χ0n) is 25.8. The van der Waals surface area contributed by atoms with Crippen molar-refractivity contribution in [3.05, 3.63) is 76.6 Å². The normalized spacial score (nSPS) is 12.4. The van der Waals surface area contributed by atoms with E-state index in [0.29, 0.717) is 50.9 Å². The highest BCUT2D eigenvalue weighted by atomic mass is 35.5. The molecule has 2 N–H and O–H groups in total. The van der Waals surface area contributed by atoms with E-state index in [1.54, 1.807) is 18.4 Å². The van der Waals surface area contributed by atoms with Gasteiger partial charge in [0.2, 0.25) is 5.89 Å². The van der Waals surface area contributed by atoms with Gasteiger partial charge in [-0.2, -0.15) is 10.5 Å². The van der Waals surface area contributed by atoms with Crippen molar-refractivity contribution in [1.29, 1.82) is 10.5 Å². The predicted octanol–water partition coefficient (Wildman–Crippen LogP) is 8.67. The van der Waals surface area contributed by atoms with Crippen LogP contribution >= 0.6 is 23.4 Å². The van der Waals surface area contributed by atoms with Gasteiger partial charge in [0.25, 0.3) is 0 Å². The highest BCUT2D eigenvalue weighted by Gasteiger charge is 2.28. The lowest BCUT2D eigenvalue weighted by atomic mass is 9.83. The number of ether oxygens (including phenoxy) is 2. The molecule has 1 atom stereocenters. The Balaban J connectivity index is 1.50. The van der Waals surface area contributed by atoms with Crippen LogP contribution in [0.25, 0.3) is 22.6 Å². The average molecular weight is 630 g/mol. The molecule has 2 aromatic heterocycles. The van der Waals surface area contributed by atoms with Gasteiger partial charge in [-0.3, -0.25) is 0 Å². The molecule has 0 bridgehead atoms. The number of thioether (sulfide) groups is 1. The molecule has 4 rings (SSSR count). The summed E-state index contributed by atoms with van der Waals surface area (Å²) < 4.78 is 17.9. The van der Waals surface area contributed by atoms with E-state index in [1.165, 1.54) is 11.8 Å². The molecule has 0 spiro atoms. The van der Waals surface area contributed by atoms with Gasteiger partial charge in [-0.25, -0.2) is 9.97 Å². The first kappa shape index (κ1) is 32.9. The van der Waals surface area contributed by atoms with Crippen LogP contribution in [0, 0.1) is 28.1 Å². The van der Waals surface area contributed by atoms with Crippen LogP contribution in [-0.2, 0) is 10.5 Å². The zero-order chi connectivity index (χ0) is 32.1. The number of aromatic nitrogens is 2. The van der Waals surface area contributed by atoms with Crippen molar-refractivity contribution in [2.45, 2.75) is 70.4 Å². The Kier molecular flexibility index (Phi) is 10.3. The molecule has 228 valence electrons. The second kappa shape index (κ2) is 13.7. The van der Waals surface area contributed by atoms with Crippen molar-refractivity contribution in [3.8, 4) is 40.5 Å². The maximum absolute atomic E-state index is 10.2. The van der Waals surface area contributed by atoms with Crippen molar-refractivity contribution < 1.29 is 13.9 Å². The minimum atomic E-state index is -0.282. The summed E-state index contributed by atoms with van der Waals surface area (Å²) in [5.41, 5.74) is 9.04. The molecular weight excluding hydrogens is 594 g/mol. The van der Waals surface area contributed by atoms with E-state index in [1.807, 2.05) is 43.3 Å². The Bertz CT molecular complexity index is 1680. The summed E-state index contributed by atoms with van der Waals surface area (Å²) in [4.78, 5) is 8.94. The number of rotatable bonds is 11. The lowest BCUT2D eigenvalue weighted by molar-refractivity contribution is -0.0954. The number of nitrogens with zero attached hydrogens (tertiary/aromatic N) is 4. The maximum Gasteiger partial charge on any atom is 0.226 e. The van der Waals surface area contributed by atoms with E-state index in [-0.39, 0.29) is 34.1 Å². The third kappa shape index (κ3) is 8.54. The number of nitrogens with two attached hydrogens (primary N) is 1. The molecule has 0 aliphatic carbocycles. The third-order valence-corrected chi connectivity index (χ3v) is 7.78. The average Bonchev–Trinajstić information content (AvgIpc) is 3.42. The van der Waals surface area contributed by atoms with Gasteiger partial charge in [0.15, 0.2) is 0 Å². The van der Waals surface area contributed by atoms with Gasteiger partial charge in [-0.15, -0.1) is 0 Å². The molecular formula is C34H36ClN5O3S. The van der Waals surface area contributed by atoms with Crippen molar-refractivity contribution in [2.24, 2.45) is 5.41 Å². The first-order valence-electron chi connectivity index (χ1n) is 14.2. The number of hydrogen-bond acceptors (Lipinski definition) is 9. The van der Waals surface area contributed by atoms with E-state index >= 15 is 0 Å². The van der Waals surface area contributed by atoms with Gasteiger partial charge in [0.05, 0.1) is 23.0 Å². The minimum absolute atomic E-state index is 0.0511. The highest BCUT2D eigenvalue weighted by molar-refractivity contribution is 7.98. The molecule has 4 aromatic rings. The number of pyridine rings is 1. The highest BCUT2D eigenvalue weighted by Crippen LogP contribution is 2.37. The van der Waals surface area contributed by atoms with E-state index in [9.17, 15) is 10.5 Å². The van der Waals surface area contributed by atoms with Crippen LogP contribution in [0.2, 0.25) is 5.02 Å². The van der Waals surface area contributed by atoms with Gasteiger partial charge in [-0.05, 0) is 74.6 Å². The first-order valence-corrected chi connectivity index (χ1v) is 15.5. The predicted molar refractivity (Wildman–Crippen MR) is 174 cm³/mol. The Morgan fingerprint density at radius 2 is 1.59 bits per heavy atom. The van der Waals surface area contributed by atoms with Crippen LogP contribution in [0.4, 0.5) is 5.82 Å². The number of anilines is 1. The fourth-order valence-electron chi connectivity index (χ4n) is 5.26. The lowest BCUT2D eigenvalue weighted by Crippen LogP contribution is -2.35. The topological polar surface area (TPSA) is 131 Å². The summed E-state index contributed by atoms with van der Waals surface area (Å²) >= 11 is 7.28. The third-order valence-electron chi connectivity index (χ3n) is 6.52. The molecule has 0 aliphatic rings. The van der Waals surface area contributed by atoms with E-state index < -0.39 is 0 Å². The Labute approximate surface area is 268 Å². The summed E-state index contributed by atoms with van der Waals surface area (Å²) in [6.45, 7) is 13.2. The molecule has 0 fully saturated rings. The fraction of sp³-hybridized carbons (Fsp3) is 0.353. The Morgan fingerprint density at radius 1 is 0.955 bits per heavy atom. The smallest absolute Gasteiger partial charge is 0.226 e. The molecule has 10 heteroatoms. The maximum atomic E-state index is 10.2. The van der Waals surface area contributed by atoms with E-state index in [2.05, 4.69) is 56.7 Å². The lowest BCUT2D eigenvalue weighted by Gasteiger charge is -2.34. The SMILES string of the molecule is C[C@@H](COc1ccc(-c2c(C#N)c(N)nc(SCc3coc(-c4ccc(Cl)cc4)n3)c2C#N)cc1)OC(C)(C)CC(C)(C)C. The van der Waals surface area contributed by atoms with Gasteiger partial charge in [0, 0.05) is 21.9 Å². The van der Waals surface area contributed by atoms with Gasteiger partial charge in [0.1, 0.15) is 47.2 Å². The second-order valence-corrected chi connectivity index (χ2v) is 13.8. The Hall–Kier alpha value is -4.02. The van der Waals surface area contributed by atoms with Crippen LogP contribution in [-0.4, -0.2) is 28.3 Å². The number of halogens is 1. The summed E-state index contributed by atoms with van der Waals surface area (Å²) in [6, 6.07) is 18.8. The van der Waals surface area contributed by atoms with E-state index in [0.717, 1.165) is 12.0 Å². The van der Waals surface area contributed by atoms with Crippen molar-refractivity contribution in [2.75, 3.05) is 12.3 Å². The number of oxazole rings is 1. The van der Waals surface area contributed by atoms with Crippen LogP contribution < -0.4 is 10.5 Å². The second-order valence-electron chi connectivity index (χ2n) is 12.4. The quantitative estimate of drug-likeness (QED) is 0.162. The summed E-state index contributed by atoms with van der Waals surface area (Å²) in [5.74, 6) is 1.54. The standard InChI is InChI=1S/C34H36ClN5O3S/c1-21(43-34(5,6)20-33(2,3)4)17-41-26-13-9-22(10-14-26)29-27(15-36)30(38)40-32(28(29)16-37)44-19-25-18-42-31(39-25)23-7-11-24(35)12-8-23/h7-14,18,21H,17,19-20H2,1-6H3,(H2,38,40)/t21-/m0/s1. The Morgan fingerprint density at radius 3 is 2.20 bits per heavy atom. The first-order chi connectivity index (χ1) is 20.8. The van der Waals surface area contributed by atoms with Crippen LogP contribution in [0.15, 0.2) is 64.2 Å². The molecule has 0 aliphatic heterocycles. The molecule has 0 unspecified atom stereocenters. The molecule has 0 saturated carbocycles. The van der Waals surface area contributed by atoms with Crippen molar-refractivity contribution >= 4 is 29.2 Å². The minimum Gasteiger partial charge on any atom is -0.491 e. The van der Waals surface area contributed by atoms with Gasteiger partial charge < -0.3 is 19.6 Å². The van der Waals surface area contributed by atoms with Crippen LogP contribution in [0.5, 0.6) is 5.75 Å². The zero-order valence-corrected chi connectivity index (χ0v) is 27.3. The number of nitrogen functional groups attached to an aromatic ring is 1. The van der Waals surface area contributed by atoms with Crippen LogP contribution in [0.3, 0.4) is 0 Å². The molecule has 2 aromatic carbocycles. The molecule has 44 heavy (non-hydrogen) atoms.